The number of fused-ring (bicyclic) bond motifs is 1. The summed E-state index contributed by atoms with van der Waals surface area (Å²) in [5, 5.41) is 23.0. The maximum Gasteiger partial charge on any atom is 0.256 e. The lowest BCUT2D eigenvalue weighted by Gasteiger charge is -2.11. The normalized spacial score (nSPS) is 11.0. The van der Waals surface area contributed by atoms with E-state index in [1.54, 1.807) is 30.3 Å². The van der Waals surface area contributed by atoms with Gasteiger partial charge in [0, 0.05) is 29.8 Å². The Morgan fingerprint density at radius 2 is 1.86 bits per heavy atom. The van der Waals surface area contributed by atoms with E-state index in [2.05, 4.69) is 10.3 Å². The van der Waals surface area contributed by atoms with Gasteiger partial charge < -0.3 is 15.5 Å². The number of hydrogen-bond donors (Lipinski definition) is 3. The highest BCUT2D eigenvalue weighted by Crippen LogP contribution is 2.30. The van der Waals surface area contributed by atoms with E-state index in [4.69, 9.17) is 16.7 Å². The molecule has 0 unspecified atom stereocenters. The molecule has 0 saturated heterocycles. The number of hydrogen-bond acceptors (Lipinski definition) is 4. The van der Waals surface area contributed by atoms with Crippen LogP contribution in [-0.2, 0) is 13.0 Å². The number of nitrogens with zero attached hydrogens (tertiary/aromatic N) is 1. The summed E-state index contributed by atoms with van der Waals surface area (Å²) >= 11 is 5.85. The summed E-state index contributed by atoms with van der Waals surface area (Å²) in [6.45, 7) is 0.387. The molecule has 5 nitrogen and oxygen atoms in total. The number of unbranched alkanes of at least 4 members (excludes halogenated alkanes) is 2. The van der Waals surface area contributed by atoms with Crippen molar-refractivity contribution in [1.82, 2.24) is 10.3 Å². The van der Waals surface area contributed by atoms with Crippen molar-refractivity contribution in [2.75, 3.05) is 6.61 Å². The molecular weight excluding hydrogens is 395 g/mol. The largest absolute Gasteiger partial charge is 0.506 e. The fourth-order valence-corrected chi connectivity index (χ4v) is 3.24. The van der Waals surface area contributed by atoms with E-state index in [9.17, 15) is 14.3 Å². The summed E-state index contributed by atoms with van der Waals surface area (Å²) in [4.78, 5) is 16.5. The molecule has 1 heterocycles. The quantitative estimate of drug-likeness (QED) is 0.476. The molecule has 1 amide bonds. The molecule has 0 fully saturated rings. The minimum Gasteiger partial charge on any atom is -0.506 e. The van der Waals surface area contributed by atoms with Gasteiger partial charge in [-0.05, 0) is 54.7 Å². The van der Waals surface area contributed by atoms with Crippen molar-refractivity contribution in [3.8, 4) is 5.75 Å². The number of halogens is 2. The monoisotopic (exact) mass is 416 g/mol. The summed E-state index contributed by atoms with van der Waals surface area (Å²) in [7, 11) is 0. The number of aliphatic hydroxyl groups excluding tert-OH is 1. The first-order chi connectivity index (χ1) is 14.0. The van der Waals surface area contributed by atoms with Crippen LogP contribution in [0.25, 0.3) is 10.9 Å². The van der Waals surface area contributed by atoms with Gasteiger partial charge in [-0.25, -0.2) is 4.39 Å². The van der Waals surface area contributed by atoms with Crippen LogP contribution in [0.15, 0.2) is 42.6 Å². The first-order valence-electron chi connectivity index (χ1n) is 9.43. The molecule has 0 atom stereocenters. The SMILES string of the molecule is O=C(NCc1ccc(Cl)cc1)c1cnc2c(F)cc(CCCCCO)cc2c1O. The summed E-state index contributed by atoms with van der Waals surface area (Å²) < 4.78 is 14.4. The van der Waals surface area contributed by atoms with Crippen LogP contribution in [-0.4, -0.2) is 27.7 Å². The second-order valence-corrected chi connectivity index (χ2v) is 7.27. The molecule has 0 radical (unpaired) electrons. The molecule has 0 aliphatic rings. The summed E-state index contributed by atoms with van der Waals surface area (Å²) in [6, 6.07) is 10.1. The number of pyridine rings is 1. The van der Waals surface area contributed by atoms with Gasteiger partial charge in [0.05, 0.1) is 0 Å². The van der Waals surface area contributed by atoms with Crippen LogP contribution in [0.2, 0.25) is 5.02 Å². The molecule has 1 aromatic heterocycles. The van der Waals surface area contributed by atoms with Crippen molar-refractivity contribution < 1.29 is 19.4 Å². The van der Waals surface area contributed by atoms with Crippen molar-refractivity contribution >= 4 is 28.4 Å². The first kappa shape index (κ1) is 21.0. The van der Waals surface area contributed by atoms with Crippen molar-refractivity contribution in [1.29, 1.82) is 0 Å². The van der Waals surface area contributed by atoms with Crippen LogP contribution in [0.3, 0.4) is 0 Å². The van der Waals surface area contributed by atoms with E-state index < -0.39 is 11.7 Å². The number of carbonyl (C=O) groups excluding carboxylic acids is 1. The minimum atomic E-state index is -0.539. The molecular formula is C22H22ClFN2O3. The number of nitrogens with one attached hydrogen (secondary N) is 1. The molecule has 29 heavy (non-hydrogen) atoms. The van der Waals surface area contributed by atoms with Crippen LogP contribution >= 0.6 is 11.6 Å². The Labute approximate surface area is 173 Å². The molecule has 0 aliphatic heterocycles. The number of aliphatic hydroxyl groups is 1. The van der Waals surface area contributed by atoms with E-state index in [1.165, 1.54) is 12.3 Å². The molecule has 152 valence electrons. The maximum absolute atomic E-state index is 14.4. The third-order valence-corrected chi connectivity index (χ3v) is 4.94. The predicted molar refractivity (Wildman–Crippen MR) is 111 cm³/mol. The number of aromatic hydroxyl groups is 1. The van der Waals surface area contributed by atoms with Crippen LogP contribution in [0, 0.1) is 5.82 Å². The molecule has 2 aromatic carbocycles. The van der Waals surface area contributed by atoms with E-state index in [0.717, 1.165) is 18.4 Å². The smallest absolute Gasteiger partial charge is 0.256 e. The van der Waals surface area contributed by atoms with Crippen molar-refractivity contribution in [3.05, 3.63) is 70.1 Å². The van der Waals surface area contributed by atoms with Gasteiger partial charge in [0.25, 0.3) is 5.91 Å². The zero-order chi connectivity index (χ0) is 20.8. The Morgan fingerprint density at radius 3 is 2.59 bits per heavy atom. The Hall–Kier alpha value is -2.70. The molecule has 0 spiro atoms. The average molecular weight is 417 g/mol. The molecule has 0 bridgehead atoms. The Bertz CT molecular complexity index is 1010. The van der Waals surface area contributed by atoms with Gasteiger partial charge in [-0.3, -0.25) is 9.78 Å². The predicted octanol–water partition coefficient (Wildman–Crippen LogP) is 4.37. The van der Waals surface area contributed by atoms with Gasteiger partial charge in [0.15, 0.2) is 0 Å². The Kier molecular flexibility index (Phi) is 7.01. The van der Waals surface area contributed by atoms with Crippen LogP contribution in [0.4, 0.5) is 4.39 Å². The van der Waals surface area contributed by atoms with Gasteiger partial charge in [0.2, 0.25) is 0 Å². The zero-order valence-electron chi connectivity index (χ0n) is 15.8. The zero-order valence-corrected chi connectivity index (χ0v) is 16.5. The summed E-state index contributed by atoms with van der Waals surface area (Å²) in [6.07, 6.45) is 4.10. The fraction of sp³-hybridized carbons (Fsp3) is 0.273. The number of benzene rings is 2. The maximum atomic E-state index is 14.4. The fourth-order valence-electron chi connectivity index (χ4n) is 3.11. The number of rotatable bonds is 8. The van der Waals surface area contributed by atoms with Crippen molar-refractivity contribution in [2.45, 2.75) is 32.2 Å². The highest BCUT2D eigenvalue weighted by Gasteiger charge is 2.17. The lowest BCUT2D eigenvalue weighted by Crippen LogP contribution is -2.23. The van der Waals surface area contributed by atoms with E-state index in [0.29, 0.717) is 23.4 Å². The van der Waals surface area contributed by atoms with Gasteiger partial charge in [0.1, 0.15) is 22.6 Å². The van der Waals surface area contributed by atoms with Crippen molar-refractivity contribution in [3.63, 3.8) is 0 Å². The van der Waals surface area contributed by atoms with Crippen LogP contribution in [0.1, 0.15) is 40.7 Å². The molecule has 0 aliphatic carbocycles. The lowest BCUT2D eigenvalue weighted by molar-refractivity contribution is 0.0948. The molecule has 3 rings (SSSR count). The summed E-state index contributed by atoms with van der Waals surface area (Å²) in [5.74, 6) is -1.33. The highest BCUT2D eigenvalue weighted by molar-refractivity contribution is 6.30. The van der Waals surface area contributed by atoms with Gasteiger partial charge >= 0.3 is 0 Å². The van der Waals surface area contributed by atoms with Crippen LogP contribution < -0.4 is 5.32 Å². The lowest BCUT2D eigenvalue weighted by atomic mass is 10.0. The number of aryl methyl sites for hydroxylation is 1. The molecule has 3 N–H and O–H groups in total. The van der Waals surface area contributed by atoms with Crippen molar-refractivity contribution in [2.24, 2.45) is 0 Å². The molecule has 0 saturated carbocycles. The second kappa shape index (κ2) is 9.67. The van der Waals surface area contributed by atoms with E-state index in [1.807, 2.05) is 0 Å². The Morgan fingerprint density at radius 1 is 1.10 bits per heavy atom. The highest BCUT2D eigenvalue weighted by atomic mass is 35.5. The molecule has 7 heteroatoms. The third kappa shape index (κ3) is 5.22. The van der Waals surface area contributed by atoms with E-state index in [-0.39, 0.29) is 35.4 Å². The van der Waals surface area contributed by atoms with Gasteiger partial charge in [-0.1, -0.05) is 30.2 Å². The van der Waals surface area contributed by atoms with Crippen LogP contribution in [0.5, 0.6) is 5.75 Å². The molecule has 3 aromatic rings. The standard InChI is InChI=1S/C22H22ClFN2O3/c23-16-7-5-14(6-8-16)12-26-22(29)18-13-25-20-17(21(18)28)10-15(11-19(20)24)4-2-1-3-9-27/h5-8,10-11,13,27H,1-4,9,12H2,(H,25,28)(H,26,29). The topological polar surface area (TPSA) is 82.5 Å². The average Bonchev–Trinajstić information content (AvgIpc) is 2.71. The van der Waals surface area contributed by atoms with E-state index >= 15 is 0 Å². The third-order valence-electron chi connectivity index (χ3n) is 4.69. The summed E-state index contributed by atoms with van der Waals surface area (Å²) in [5.41, 5.74) is 1.58. The first-order valence-corrected chi connectivity index (χ1v) is 9.81. The van der Waals surface area contributed by atoms with Gasteiger partial charge in [-0.2, -0.15) is 0 Å². The Balaban J connectivity index is 1.79. The van der Waals surface area contributed by atoms with Gasteiger partial charge in [-0.15, -0.1) is 0 Å². The minimum absolute atomic E-state index is 0.0108. The number of amides is 1. The number of carbonyl (C=O) groups is 1. The second-order valence-electron chi connectivity index (χ2n) is 6.84. The number of aromatic nitrogens is 1.